The summed E-state index contributed by atoms with van der Waals surface area (Å²) in [6, 6.07) is 18.6. The molecule has 4 rings (SSSR count). The van der Waals surface area contributed by atoms with E-state index in [0.717, 1.165) is 29.7 Å². The molecule has 0 unspecified atom stereocenters. The van der Waals surface area contributed by atoms with Crippen LogP contribution in [0, 0.1) is 11.3 Å². The quantitative estimate of drug-likeness (QED) is 0.681. The number of aromatic nitrogens is 2. The van der Waals surface area contributed by atoms with Crippen molar-refractivity contribution in [3.8, 4) is 6.07 Å². The van der Waals surface area contributed by atoms with Crippen molar-refractivity contribution in [1.82, 2.24) is 9.97 Å². The summed E-state index contributed by atoms with van der Waals surface area (Å²) in [6.45, 7) is 2.27. The summed E-state index contributed by atoms with van der Waals surface area (Å²) in [6.07, 6.45) is 7.10. The Balaban J connectivity index is 1.58. The Morgan fingerprint density at radius 2 is 1.73 bits per heavy atom. The summed E-state index contributed by atoms with van der Waals surface area (Å²) in [5.74, 6) is 0.616. The Morgan fingerprint density at radius 1 is 1.00 bits per heavy atom. The topological polar surface area (TPSA) is 55.7 Å². The van der Waals surface area contributed by atoms with Crippen LogP contribution in [0.15, 0.2) is 48.5 Å². The van der Waals surface area contributed by atoms with Gasteiger partial charge in [0.05, 0.1) is 16.6 Å². The normalized spacial score (nSPS) is 15.7. The standard InChI is InChI=1S/C22H22N4/c23-16-18(22-24-20-7-3-4-8-21(20)25-22)15-17-9-11-19(12-10-17)26-13-5-1-2-6-14-26/h3-4,7-12,15H,1-2,5-6,13-14H2,(H,24,25). The van der Waals surface area contributed by atoms with Gasteiger partial charge in [-0.1, -0.05) is 37.1 Å². The van der Waals surface area contributed by atoms with Crippen LogP contribution in [0.25, 0.3) is 22.7 Å². The fourth-order valence-corrected chi connectivity index (χ4v) is 3.51. The number of H-pyrrole nitrogens is 1. The average Bonchev–Trinajstić information content (AvgIpc) is 2.92. The van der Waals surface area contributed by atoms with Gasteiger partial charge in [-0.2, -0.15) is 5.26 Å². The monoisotopic (exact) mass is 342 g/mol. The number of allylic oxidation sites excluding steroid dienone is 1. The fourth-order valence-electron chi connectivity index (χ4n) is 3.51. The van der Waals surface area contributed by atoms with Gasteiger partial charge in [0.2, 0.25) is 0 Å². The van der Waals surface area contributed by atoms with Crippen LogP contribution in [0.1, 0.15) is 37.1 Å². The van der Waals surface area contributed by atoms with Crippen LogP contribution in [-0.2, 0) is 0 Å². The molecule has 3 aromatic rings. The Bertz CT molecular complexity index is 919. The first-order valence-electron chi connectivity index (χ1n) is 9.25. The second-order valence-electron chi connectivity index (χ2n) is 6.77. The third-order valence-corrected chi connectivity index (χ3v) is 4.94. The first-order chi connectivity index (χ1) is 12.8. The van der Waals surface area contributed by atoms with E-state index in [-0.39, 0.29) is 0 Å². The number of nitrogens with zero attached hydrogens (tertiary/aromatic N) is 3. The van der Waals surface area contributed by atoms with E-state index in [1.54, 1.807) is 0 Å². The van der Waals surface area contributed by atoms with Gasteiger partial charge in [-0.25, -0.2) is 4.98 Å². The molecule has 0 saturated carbocycles. The zero-order valence-corrected chi connectivity index (χ0v) is 14.8. The van der Waals surface area contributed by atoms with Gasteiger partial charge in [0.1, 0.15) is 11.9 Å². The molecule has 0 bridgehead atoms. The molecule has 130 valence electrons. The maximum atomic E-state index is 9.57. The molecule has 0 atom stereocenters. The minimum absolute atomic E-state index is 0.545. The van der Waals surface area contributed by atoms with E-state index >= 15 is 0 Å². The highest BCUT2D eigenvalue weighted by Crippen LogP contribution is 2.23. The summed E-state index contributed by atoms with van der Waals surface area (Å²) in [7, 11) is 0. The highest BCUT2D eigenvalue weighted by Gasteiger charge is 2.10. The van der Waals surface area contributed by atoms with Crippen LogP contribution in [0.2, 0.25) is 0 Å². The van der Waals surface area contributed by atoms with Crippen LogP contribution in [0.5, 0.6) is 0 Å². The smallest absolute Gasteiger partial charge is 0.149 e. The van der Waals surface area contributed by atoms with Gasteiger partial charge in [0, 0.05) is 18.8 Å². The van der Waals surface area contributed by atoms with E-state index in [0.29, 0.717) is 11.4 Å². The van der Waals surface area contributed by atoms with Crippen molar-refractivity contribution in [2.45, 2.75) is 25.7 Å². The number of nitriles is 1. The van der Waals surface area contributed by atoms with Gasteiger partial charge in [0.15, 0.2) is 0 Å². The number of fused-ring (bicyclic) bond motifs is 1. The van der Waals surface area contributed by atoms with Gasteiger partial charge < -0.3 is 9.88 Å². The molecule has 1 aliphatic rings. The molecule has 26 heavy (non-hydrogen) atoms. The minimum atomic E-state index is 0.545. The number of para-hydroxylation sites is 2. The van der Waals surface area contributed by atoms with Crippen molar-refractivity contribution in [2.24, 2.45) is 0 Å². The molecular weight excluding hydrogens is 320 g/mol. The van der Waals surface area contributed by atoms with Crippen LogP contribution < -0.4 is 4.90 Å². The summed E-state index contributed by atoms with van der Waals surface area (Å²) in [4.78, 5) is 10.2. The zero-order chi connectivity index (χ0) is 17.8. The van der Waals surface area contributed by atoms with E-state index in [4.69, 9.17) is 0 Å². The van der Waals surface area contributed by atoms with Crippen molar-refractivity contribution < 1.29 is 0 Å². The van der Waals surface area contributed by atoms with Crippen LogP contribution in [0.3, 0.4) is 0 Å². The molecule has 2 heterocycles. The Hall–Kier alpha value is -3.06. The number of rotatable bonds is 3. The van der Waals surface area contributed by atoms with Gasteiger partial charge in [0.25, 0.3) is 0 Å². The maximum Gasteiger partial charge on any atom is 0.149 e. The molecule has 1 aromatic heterocycles. The lowest BCUT2D eigenvalue weighted by molar-refractivity contribution is 0.726. The predicted molar refractivity (Wildman–Crippen MR) is 107 cm³/mol. The van der Waals surface area contributed by atoms with Crippen LogP contribution in [0.4, 0.5) is 5.69 Å². The average molecular weight is 342 g/mol. The summed E-state index contributed by atoms with van der Waals surface area (Å²) in [5.41, 5.74) is 4.65. The maximum absolute atomic E-state index is 9.57. The first-order valence-corrected chi connectivity index (χ1v) is 9.25. The SMILES string of the molecule is N#CC(=Cc1ccc(N2CCCCCC2)cc1)c1nc2ccccc2[nH]1. The summed E-state index contributed by atoms with van der Waals surface area (Å²) < 4.78 is 0. The molecule has 4 nitrogen and oxygen atoms in total. The molecule has 0 radical (unpaired) electrons. The highest BCUT2D eigenvalue weighted by molar-refractivity contribution is 5.90. The number of imidazole rings is 1. The van der Waals surface area contributed by atoms with Crippen molar-refractivity contribution in [2.75, 3.05) is 18.0 Å². The van der Waals surface area contributed by atoms with Gasteiger partial charge in [-0.3, -0.25) is 0 Å². The molecule has 0 aliphatic carbocycles. The van der Waals surface area contributed by atoms with Crippen molar-refractivity contribution >= 4 is 28.4 Å². The lowest BCUT2D eigenvalue weighted by atomic mass is 10.1. The van der Waals surface area contributed by atoms with E-state index in [2.05, 4.69) is 45.2 Å². The highest BCUT2D eigenvalue weighted by atomic mass is 15.1. The Morgan fingerprint density at radius 3 is 2.42 bits per heavy atom. The third kappa shape index (κ3) is 3.48. The number of nitrogens with one attached hydrogen (secondary N) is 1. The zero-order valence-electron chi connectivity index (χ0n) is 14.8. The molecular formula is C22H22N4. The summed E-state index contributed by atoms with van der Waals surface area (Å²) in [5, 5.41) is 9.57. The molecule has 4 heteroatoms. The molecule has 1 N–H and O–H groups in total. The van der Waals surface area contributed by atoms with Gasteiger partial charge in [-0.05, 0) is 48.7 Å². The molecule has 1 fully saturated rings. The Kier molecular flexibility index (Phi) is 4.70. The van der Waals surface area contributed by atoms with Crippen molar-refractivity contribution in [1.29, 1.82) is 5.26 Å². The van der Waals surface area contributed by atoms with E-state index < -0.39 is 0 Å². The van der Waals surface area contributed by atoms with E-state index in [1.807, 2.05) is 30.3 Å². The number of hydrogen-bond acceptors (Lipinski definition) is 3. The van der Waals surface area contributed by atoms with Gasteiger partial charge >= 0.3 is 0 Å². The largest absolute Gasteiger partial charge is 0.372 e. The lowest BCUT2D eigenvalue weighted by Crippen LogP contribution is -2.23. The second-order valence-corrected chi connectivity index (χ2v) is 6.77. The first kappa shape index (κ1) is 16.4. The fraction of sp³-hybridized carbons (Fsp3) is 0.273. The minimum Gasteiger partial charge on any atom is -0.372 e. The number of hydrogen-bond donors (Lipinski definition) is 1. The van der Waals surface area contributed by atoms with Crippen molar-refractivity contribution in [3.05, 3.63) is 59.9 Å². The lowest BCUT2D eigenvalue weighted by Gasteiger charge is -2.22. The number of anilines is 1. The second kappa shape index (κ2) is 7.45. The summed E-state index contributed by atoms with van der Waals surface area (Å²) >= 11 is 0. The van der Waals surface area contributed by atoms with Crippen molar-refractivity contribution in [3.63, 3.8) is 0 Å². The molecule has 2 aromatic carbocycles. The third-order valence-electron chi connectivity index (χ3n) is 4.94. The Labute approximate surface area is 153 Å². The van der Waals surface area contributed by atoms with E-state index in [1.165, 1.54) is 31.4 Å². The number of aromatic amines is 1. The predicted octanol–water partition coefficient (Wildman–Crippen LogP) is 5.01. The number of benzene rings is 2. The molecule has 0 amide bonds. The van der Waals surface area contributed by atoms with Crippen LogP contribution >= 0.6 is 0 Å². The molecule has 0 spiro atoms. The molecule has 1 aliphatic heterocycles. The van der Waals surface area contributed by atoms with Gasteiger partial charge in [-0.15, -0.1) is 0 Å². The molecule has 1 saturated heterocycles. The van der Waals surface area contributed by atoms with Crippen LogP contribution in [-0.4, -0.2) is 23.1 Å². The van der Waals surface area contributed by atoms with E-state index in [9.17, 15) is 5.26 Å².